The van der Waals surface area contributed by atoms with Crippen LogP contribution in [0.4, 0.5) is 0 Å². The molecule has 638 valence electrons. The van der Waals surface area contributed by atoms with E-state index in [2.05, 4.69) is 40.7 Å². The van der Waals surface area contributed by atoms with Crippen molar-refractivity contribution in [3.05, 3.63) is 11.6 Å². The molecule has 0 radical (unpaired) electrons. The Balaban J connectivity index is 0.793. The van der Waals surface area contributed by atoms with Crippen LogP contribution in [-0.2, 0) is 76.0 Å². The van der Waals surface area contributed by atoms with Crippen molar-refractivity contribution in [2.45, 2.75) is 355 Å². The van der Waals surface area contributed by atoms with E-state index in [1.54, 1.807) is 0 Å². The Kier molecular flexibility index (Phi) is 29.2. The average Bonchev–Trinajstić information content (AvgIpc) is 0.878. The van der Waals surface area contributed by atoms with Crippen LogP contribution in [-0.4, -0.2) is 323 Å². The first kappa shape index (κ1) is 89.0. The minimum atomic E-state index is -2.25. The van der Waals surface area contributed by atoms with Crippen LogP contribution < -0.4 is 0 Å². The van der Waals surface area contributed by atoms with Gasteiger partial charge in [0.15, 0.2) is 43.7 Å². The third-order valence-corrected chi connectivity index (χ3v) is 28.0. The summed E-state index contributed by atoms with van der Waals surface area (Å²) in [6, 6.07) is 0. The predicted molar refractivity (Wildman–Crippen MR) is 381 cm³/mol. The molecular weight excluding hydrogens is 1460 g/mol. The van der Waals surface area contributed by atoms with Gasteiger partial charge < -0.3 is 148 Å². The van der Waals surface area contributed by atoms with Crippen LogP contribution in [0.25, 0.3) is 0 Å². The van der Waals surface area contributed by atoms with Crippen LogP contribution in [0.5, 0.6) is 0 Å². The van der Waals surface area contributed by atoms with E-state index >= 15 is 4.79 Å². The molecule has 0 aromatic rings. The summed E-state index contributed by atoms with van der Waals surface area (Å²) >= 11 is 0. The molecule has 33 nitrogen and oxygen atoms in total. The number of hydrogen-bond donors (Lipinski definition) is 17. The summed E-state index contributed by atoms with van der Waals surface area (Å²) in [6.45, 7) is 10.8. The minimum Gasteiger partial charge on any atom is -0.457 e. The molecule has 0 aromatic carbocycles. The van der Waals surface area contributed by atoms with Gasteiger partial charge in [0.05, 0.1) is 70.0 Å². The number of aliphatic hydroxyl groups excluding tert-OH is 16. The summed E-state index contributed by atoms with van der Waals surface area (Å²) in [4.78, 5) is 43.2. The normalized spacial score (nSPS) is 47.7. The van der Waals surface area contributed by atoms with E-state index in [1.807, 2.05) is 6.92 Å². The fourth-order valence-electron chi connectivity index (χ4n) is 20.9. The number of ketones is 1. The molecule has 33 heteroatoms. The van der Waals surface area contributed by atoms with Crippen molar-refractivity contribution in [1.82, 2.24) is 0 Å². The number of ether oxygens (including phenoxy) is 13. The second-order valence-electron chi connectivity index (χ2n) is 35.8. The summed E-state index contributed by atoms with van der Waals surface area (Å²) < 4.78 is 79.0. The van der Waals surface area contributed by atoms with Crippen LogP contribution in [0.3, 0.4) is 0 Å². The zero-order chi connectivity index (χ0) is 80.7. The number of carbonyl (C=O) groups excluding carboxylic acids is 3. The Labute approximate surface area is 648 Å². The Hall–Kier alpha value is -2.77. The van der Waals surface area contributed by atoms with Crippen molar-refractivity contribution >= 4 is 17.7 Å². The lowest BCUT2D eigenvalue weighted by Crippen LogP contribution is -2.69. The molecular formula is C78H128O33. The van der Waals surface area contributed by atoms with E-state index < -0.39 is 250 Å². The summed E-state index contributed by atoms with van der Waals surface area (Å²) in [7, 11) is 0. The highest BCUT2D eigenvalue weighted by atomic mass is 16.8. The summed E-state index contributed by atoms with van der Waals surface area (Å²) in [5, 5.41) is 184. The Morgan fingerprint density at radius 3 is 1.74 bits per heavy atom. The van der Waals surface area contributed by atoms with Crippen LogP contribution in [0.2, 0.25) is 0 Å². The molecule has 17 N–H and O–H groups in total. The zero-order valence-electron chi connectivity index (χ0n) is 65.2. The van der Waals surface area contributed by atoms with Gasteiger partial charge in [0.2, 0.25) is 6.29 Å². The van der Waals surface area contributed by atoms with Crippen molar-refractivity contribution in [2.24, 2.45) is 50.2 Å². The van der Waals surface area contributed by atoms with Gasteiger partial charge in [-0.25, -0.2) is 0 Å². The third-order valence-electron chi connectivity index (χ3n) is 28.0. The van der Waals surface area contributed by atoms with Gasteiger partial charge in [-0.2, -0.15) is 0 Å². The molecule has 0 amide bonds. The molecule has 35 atom stereocenters. The number of hydrogen-bond acceptors (Lipinski definition) is 33. The van der Waals surface area contributed by atoms with Crippen molar-refractivity contribution in [1.29, 1.82) is 0 Å². The smallest absolute Gasteiger partial charge is 0.315 e. The number of fused-ring (bicyclic) bond motifs is 7. The summed E-state index contributed by atoms with van der Waals surface area (Å²) in [5.74, 6) is -2.07. The van der Waals surface area contributed by atoms with Crippen LogP contribution in [0.1, 0.15) is 190 Å². The maximum atomic E-state index is 16.2. The van der Waals surface area contributed by atoms with Crippen molar-refractivity contribution in [2.75, 3.05) is 52.9 Å². The average molecular weight is 1590 g/mol. The second-order valence-corrected chi connectivity index (χ2v) is 35.8. The highest BCUT2D eigenvalue weighted by Gasteiger charge is 2.72. The van der Waals surface area contributed by atoms with Gasteiger partial charge >= 0.3 is 11.9 Å². The number of rotatable bonds is 31. The zero-order valence-corrected chi connectivity index (χ0v) is 65.2. The number of esters is 2. The van der Waals surface area contributed by atoms with Crippen molar-refractivity contribution < 1.29 is 163 Å². The molecule has 6 heterocycles. The van der Waals surface area contributed by atoms with Gasteiger partial charge in [-0.1, -0.05) is 91.7 Å². The Morgan fingerprint density at radius 1 is 0.514 bits per heavy atom. The molecule has 0 spiro atoms. The second kappa shape index (κ2) is 36.4. The topological polar surface area (TPSA) is 515 Å². The van der Waals surface area contributed by atoms with Crippen molar-refractivity contribution in [3.8, 4) is 0 Å². The first-order valence-electron chi connectivity index (χ1n) is 40.5. The molecule has 0 aromatic heterocycles. The fraction of sp³-hybridized carbons (Fsp3) is 0.936. The van der Waals surface area contributed by atoms with Gasteiger partial charge in [0, 0.05) is 31.3 Å². The van der Waals surface area contributed by atoms with E-state index in [4.69, 9.17) is 61.6 Å². The Bertz CT molecular complexity index is 3090. The van der Waals surface area contributed by atoms with Crippen LogP contribution in [0, 0.1) is 50.2 Å². The van der Waals surface area contributed by atoms with E-state index in [9.17, 15) is 96.4 Å². The lowest BCUT2D eigenvalue weighted by Gasteiger charge is -2.72. The molecule has 11 rings (SSSR count). The fourth-order valence-corrected chi connectivity index (χ4v) is 20.9. The van der Waals surface area contributed by atoms with Gasteiger partial charge in [-0.15, -0.1) is 0 Å². The molecule has 11 aliphatic rings. The van der Waals surface area contributed by atoms with Gasteiger partial charge in [-0.05, 0) is 130 Å². The minimum absolute atomic E-state index is 0.0936. The SMILES string of the molecule is C[C@@H]1O[C@@H](O[C@H]2[C@H](OC(=O)[C@]34CCC(C)(C)C[C@H]3C3=CC[C@@H]5[C@@]6(C)C[C@H](O)[C@H](O[C@@H]7O[C@H](CO)[C@@H](O)[C@H](O)[C@H]7O)[C@@](C)(CO)[C@@H]6CC[C@@]5(C)[C@]3(C)CC4)OC[C@H](OC(=O)CCCCCCC(=O)CCCCCCCCO[C@@H]3OC[C@@H](O)[C@H](O)[C@H]3O)[C@@H]2O[C@@H]2OC[C@](O)(CO)[C@H]2O)[C@H](O)[C@H](O)[C@H]1O[C@@H]1OC[C@H](O)[C@H](O)[C@H]1O. The van der Waals surface area contributed by atoms with Gasteiger partial charge in [0.25, 0.3) is 0 Å². The molecule has 0 unspecified atom stereocenters. The number of carbonyl (C=O) groups is 3. The number of aliphatic hydroxyl groups is 17. The third kappa shape index (κ3) is 17.9. The molecule has 0 bridgehead atoms. The van der Waals surface area contributed by atoms with E-state index in [-0.39, 0.29) is 42.5 Å². The molecule has 10 fully saturated rings. The number of unbranched alkanes of at least 4 members (excludes halogenated alkanes) is 8. The first-order valence-corrected chi connectivity index (χ1v) is 40.5. The van der Waals surface area contributed by atoms with Crippen LogP contribution >= 0.6 is 0 Å². The molecule has 5 aliphatic carbocycles. The lowest BCUT2D eigenvalue weighted by molar-refractivity contribution is -0.376. The quantitative estimate of drug-likeness (QED) is 0.0177. The monoisotopic (exact) mass is 1590 g/mol. The van der Waals surface area contributed by atoms with E-state index in [0.29, 0.717) is 103 Å². The molecule has 4 saturated carbocycles. The highest BCUT2D eigenvalue weighted by Crippen LogP contribution is 2.76. The number of Topliss-reactive ketones (excluding diaryl/α,β-unsaturated/α-hetero) is 1. The van der Waals surface area contributed by atoms with E-state index in [1.165, 1.54) is 6.92 Å². The highest BCUT2D eigenvalue weighted by molar-refractivity contribution is 5.79. The van der Waals surface area contributed by atoms with Crippen LogP contribution in [0.15, 0.2) is 11.6 Å². The largest absolute Gasteiger partial charge is 0.457 e. The van der Waals surface area contributed by atoms with Crippen molar-refractivity contribution in [3.63, 3.8) is 0 Å². The summed E-state index contributed by atoms with van der Waals surface area (Å²) in [5.41, 5.74) is -5.47. The first-order chi connectivity index (χ1) is 52.5. The maximum Gasteiger partial charge on any atom is 0.315 e. The van der Waals surface area contributed by atoms with Gasteiger partial charge in [-0.3, -0.25) is 14.4 Å². The number of allylic oxidation sites excluding steroid dienone is 2. The standard InChI is InChI=1S/C78H128O33/c1-39-60(107-66-57(93)52(88)45(85)34-101-66)55(91)59(95)67(104-39)109-62-61(108-70-63(96)78(98,37-81)38-103-70)47(105-50(86)20-16-12-11-15-19-40(82)18-14-10-8-9-13-17-29-99-65-56(92)51(87)44(84)33-100-65)35-102-69(62)111-71(97)77-27-25-72(2,3)30-42(77)41-21-22-49-73(4)31-43(83)64(110-68-58(94)54(90)53(89)46(32-79)106-68)74(5,36-80)48(73)23-24-76(49,7)75(41,6)26-28-77/h21,39,42-49,51-70,79-81,83-85,87-96,98H,8-20,22-38H2,1-7H3/t39-,42-,43-,44+,45-,46+,47-,48+,49+,51-,52-,53+,54-,55-,56+,57+,58+,59+,60-,61-,62+,63-,64-,65+,66-,67-,68-,69-,70-,73-,74-,75+,76+,77-,78+/m0/s1. The molecule has 111 heavy (non-hydrogen) atoms. The van der Waals surface area contributed by atoms with Gasteiger partial charge in [0.1, 0.15) is 103 Å². The molecule has 6 aliphatic heterocycles. The molecule has 6 saturated heterocycles. The van der Waals surface area contributed by atoms with E-state index in [0.717, 1.165) is 37.7 Å². The lowest BCUT2D eigenvalue weighted by atomic mass is 9.33. The summed E-state index contributed by atoms with van der Waals surface area (Å²) in [6.07, 6.45) is -26.4. The Morgan fingerprint density at radius 2 is 1.09 bits per heavy atom. The maximum absolute atomic E-state index is 16.2. The predicted octanol–water partition coefficient (Wildman–Crippen LogP) is -0.674.